The number of carbonyl (C=O) groups is 1. The van der Waals surface area contributed by atoms with Gasteiger partial charge in [0.1, 0.15) is 6.54 Å². The summed E-state index contributed by atoms with van der Waals surface area (Å²) in [5.41, 5.74) is -0.159. The molecule has 0 aliphatic heterocycles. The van der Waals surface area contributed by atoms with E-state index in [0.717, 1.165) is 17.3 Å². The van der Waals surface area contributed by atoms with Gasteiger partial charge in [-0.05, 0) is 40.3 Å². The van der Waals surface area contributed by atoms with E-state index >= 15 is 0 Å². The van der Waals surface area contributed by atoms with Gasteiger partial charge in [0.25, 0.3) is 5.56 Å². The number of aromatic nitrogens is 1. The average Bonchev–Trinajstić information content (AvgIpc) is 2.39. The molecule has 1 N–H and O–H groups in total. The van der Waals surface area contributed by atoms with Gasteiger partial charge < -0.3 is 9.88 Å². The van der Waals surface area contributed by atoms with E-state index in [1.165, 1.54) is 17.1 Å². The molecule has 110 valence electrons. The van der Waals surface area contributed by atoms with E-state index in [1.807, 2.05) is 0 Å². The van der Waals surface area contributed by atoms with E-state index in [4.69, 9.17) is 0 Å². The molecule has 1 aromatic rings. The Morgan fingerprint density at radius 3 is 2.90 bits per heavy atom. The predicted octanol–water partition coefficient (Wildman–Crippen LogP) is 2.55. The maximum absolute atomic E-state index is 12.1. The molecule has 5 heteroatoms. The first-order valence-electron chi connectivity index (χ1n) is 7.12. The second kappa shape index (κ2) is 6.57. The molecule has 1 aromatic heterocycles. The average molecular weight is 341 g/mol. The quantitative estimate of drug-likeness (QED) is 0.919. The first-order valence-corrected chi connectivity index (χ1v) is 7.92. The minimum absolute atomic E-state index is 0.0792. The molecule has 1 aliphatic carbocycles. The van der Waals surface area contributed by atoms with Crippen LogP contribution in [0.15, 0.2) is 27.6 Å². The van der Waals surface area contributed by atoms with Crippen molar-refractivity contribution < 1.29 is 4.79 Å². The van der Waals surface area contributed by atoms with Crippen molar-refractivity contribution in [3.63, 3.8) is 0 Å². The normalized spacial score (nSPS) is 26.2. The highest BCUT2D eigenvalue weighted by Gasteiger charge is 2.28. The van der Waals surface area contributed by atoms with Gasteiger partial charge in [0.05, 0.1) is 0 Å². The van der Waals surface area contributed by atoms with Gasteiger partial charge in [0.15, 0.2) is 0 Å². The molecule has 0 unspecified atom stereocenters. The van der Waals surface area contributed by atoms with Gasteiger partial charge >= 0.3 is 0 Å². The van der Waals surface area contributed by atoms with Crippen LogP contribution in [0.5, 0.6) is 0 Å². The highest BCUT2D eigenvalue weighted by atomic mass is 79.9. The Morgan fingerprint density at radius 2 is 2.15 bits per heavy atom. The standard InChI is InChI=1S/C15H21BrN2O2/c1-10-4-3-5-13(11(10)2)17-14(19)9-18-8-12(16)6-7-15(18)20/h6-8,10-11,13H,3-5,9H2,1-2H3,(H,17,19)/t10-,11+,13-/m1/s1. The van der Waals surface area contributed by atoms with E-state index in [0.29, 0.717) is 11.8 Å². The number of pyridine rings is 1. The number of amides is 1. The van der Waals surface area contributed by atoms with Crippen LogP contribution in [0.2, 0.25) is 0 Å². The van der Waals surface area contributed by atoms with Crippen molar-refractivity contribution in [2.75, 3.05) is 0 Å². The lowest BCUT2D eigenvalue weighted by Gasteiger charge is -2.34. The van der Waals surface area contributed by atoms with Crippen LogP contribution in [0, 0.1) is 11.8 Å². The molecule has 0 saturated heterocycles. The fourth-order valence-electron chi connectivity index (χ4n) is 2.82. The zero-order chi connectivity index (χ0) is 14.7. The zero-order valence-corrected chi connectivity index (χ0v) is 13.5. The number of rotatable bonds is 3. The van der Waals surface area contributed by atoms with Crippen LogP contribution in [0.4, 0.5) is 0 Å². The van der Waals surface area contributed by atoms with Crippen LogP contribution < -0.4 is 10.9 Å². The number of hydrogen-bond donors (Lipinski definition) is 1. The van der Waals surface area contributed by atoms with E-state index in [-0.39, 0.29) is 24.1 Å². The van der Waals surface area contributed by atoms with Crippen LogP contribution in [0.25, 0.3) is 0 Å². The molecule has 3 atom stereocenters. The molecule has 0 bridgehead atoms. The van der Waals surface area contributed by atoms with E-state index < -0.39 is 0 Å². The van der Waals surface area contributed by atoms with Gasteiger partial charge in [-0.1, -0.05) is 26.7 Å². The molecule has 1 amide bonds. The van der Waals surface area contributed by atoms with Crippen molar-refractivity contribution in [3.05, 3.63) is 33.2 Å². The van der Waals surface area contributed by atoms with Crippen molar-refractivity contribution in [3.8, 4) is 0 Å². The van der Waals surface area contributed by atoms with E-state index in [1.54, 1.807) is 12.3 Å². The van der Waals surface area contributed by atoms with Crippen LogP contribution in [0.3, 0.4) is 0 Å². The van der Waals surface area contributed by atoms with Crippen molar-refractivity contribution in [2.45, 2.75) is 45.7 Å². The summed E-state index contributed by atoms with van der Waals surface area (Å²) >= 11 is 3.31. The molecule has 0 aromatic carbocycles. The molecule has 20 heavy (non-hydrogen) atoms. The second-order valence-corrected chi connectivity index (χ2v) is 6.67. The van der Waals surface area contributed by atoms with Crippen LogP contribution >= 0.6 is 15.9 Å². The fourth-order valence-corrected chi connectivity index (χ4v) is 3.20. The summed E-state index contributed by atoms with van der Waals surface area (Å²) in [5, 5.41) is 3.08. The van der Waals surface area contributed by atoms with Crippen LogP contribution in [-0.4, -0.2) is 16.5 Å². The molecule has 1 fully saturated rings. The number of nitrogens with zero attached hydrogens (tertiary/aromatic N) is 1. The Morgan fingerprint density at radius 1 is 1.40 bits per heavy atom. The SMILES string of the molecule is C[C@H]1[C@H](C)CCC[C@H]1NC(=O)Cn1cc(Br)ccc1=O. The molecular weight excluding hydrogens is 320 g/mol. The summed E-state index contributed by atoms with van der Waals surface area (Å²) in [6, 6.07) is 3.37. The highest BCUT2D eigenvalue weighted by Crippen LogP contribution is 2.29. The second-order valence-electron chi connectivity index (χ2n) is 5.75. The van der Waals surface area contributed by atoms with Gasteiger partial charge in [-0.25, -0.2) is 0 Å². The van der Waals surface area contributed by atoms with Crippen LogP contribution in [-0.2, 0) is 11.3 Å². The number of nitrogens with one attached hydrogen (secondary N) is 1. The minimum Gasteiger partial charge on any atom is -0.352 e. The summed E-state index contributed by atoms with van der Waals surface area (Å²) < 4.78 is 2.22. The summed E-state index contributed by atoms with van der Waals surface area (Å²) in [7, 11) is 0. The maximum atomic E-state index is 12.1. The van der Waals surface area contributed by atoms with Gasteiger partial charge in [-0.3, -0.25) is 9.59 Å². The zero-order valence-electron chi connectivity index (χ0n) is 11.9. The third-order valence-corrected chi connectivity index (χ3v) is 4.78. The van der Waals surface area contributed by atoms with Gasteiger partial charge in [0.2, 0.25) is 5.91 Å². The van der Waals surface area contributed by atoms with Crippen molar-refractivity contribution in [1.82, 2.24) is 9.88 Å². The first-order chi connectivity index (χ1) is 9.47. The monoisotopic (exact) mass is 340 g/mol. The van der Waals surface area contributed by atoms with Crippen molar-refractivity contribution in [1.29, 1.82) is 0 Å². The third kappa shape index (κ3) is 3.72. The molecule has 4 nitrogen and oxygen atoms in total. The minimum atomic E-state index is -0.159. The Labute approximate surface area is 127 Å². The summed E-state index contributed by atoms with van der Waals surface area (Å²) in [6.07, 6.45) is 5.07. The third-order valence-electron chi connectivity index (χ3n) is 4.31. The molecule has 0 spiro atoms. The van der Waals surface area contributed by atoms with Gasteiger partial charge in [-0.15, -0.1) is 0 Å². The lowest BCUT2D eigenvalue weighted by molar-refractivity contribution is -0.123. The number of carbonyl (C=O) groups excluding carboxylic acids is 1. The van der Waals surface area contributed by atoms with Gasteiger partial charge in [0, 0.05) is 22.8 Å². The highest BCUT2D eigenvalue weighted by molar-refractivity contribution is 9.10. The largest absolute Gasteiger partial charge is 0.352 e. The Hall–Kier alpha value is -1.10. The van der Waals surface area contributed by atoms with E-state index in [9.17, 15) is 9.59 Å². The smallest absolute Gasteiger partial charge is 0.251 e. The topological polar surface area (TPSA) is 51.1 Å². The lowest BCUT2D eigenvalue weighted by Crippen LogP contribution is -2.45. The van der Waals surface area contributed by atoms with Crippen molar-refractivity contribution >= 4 is 21.8 Å². The first kappa shape index (κ1) is 15.3. The molecule has 1 heterocycles. The number of hydrogen-bond acceptors (Lipinski definition) is 2. The molecule has 1 aliphatic rings. The summed E-state index contributed by atoms with van der Waals surface area (Å²) in [4.78, 5) is 23.8. The fraction of sp³-hybridized carbons (Fsp3) is 0.600. The lowest BCUT2D eigenvalue weighted by atomic mass is 9.78. The van der Waals surface area contributed by atoms with Crippen LogP contribution in [0.1, 0.15) is 33.1 Å². The maximum Gasteiger partial charge on any atom is 0.251 e. The Kier molecular flexibility index (Phi) is 5.02. The number of halogens is 1. The summed E-state index contributed by atoms with van der Waals surface area (Å²) in [6.45, 7) is 4.51. The predicted molar refractivity (Wildman–Crippen MR) is 82.5 cm³/mol. The molecule has 1 saturated carbocycles. The Balaban J connectivity index is 1.98. The summed E-state index contributed by atoms with van der Waals surface area (Å²) in [5.74, 6) is 1.05. The molecule has 2 rings (SSSR count). The Bertz CT molecular complexity index is 541. The van der Waals surface area contributed by atoms with E-state index in [2.05, 4.69) is 35.1 Å². The van der Waals surface area contributed by atoms with Crippen molar-refractivity contribution in [2.24, 2.45) is 11.8 Å². The molecular formula is C15H21BrN2O2. The molecule has 0 radical (unpaired) electrons. The van der Waals surface area contributed by atoms with Gasteiger partial charge in [-0.2, -0.15) is 0 Å².